The number of carbonyl (C=O) groups excluding carboxylic acids is 2. The molecule has 0 atom stereocenters. The second-order valence-electron chi connectivity index (χ2n) is 3.32. The van der Waals surface area contributed by atoms with E-state index in [1.807, 2.05) is 0 Å². The molecule has 1 aromatic carbocycles. The number of hydrogen-bond donors (Lipinski definition) is 2. The maximum Gasteiger partial charge on any atom is 0.340 e. The van der Waals surface area contributed by atoms with E-state index in [0.29, 0.717) is 15.7 Å². The van der Waals surface area contributed by atoms with Crippen molar-refractivity contribution in [1.29, 1.82) is 0 Å². The number of anilines is 1. The zero-order chi connectivity index (χ0) is 13.0. The molecule has 0 aliphatic heterocycles. The van der Waals surface area contributed by atoms with Gasteiger partial charge in [-0.05, 0) is 18.2 Å². The maximum atomic E-state index is 11.6. The molecule has 1 rings (SSSR count). The second kappa shape index (κ2) is 5.75. The van der Waals surface area contributed by atoms with Gasteiger partial charge in [0.25, 0.3) is 0 Å². The van der Waals surface area contributed by atoms with Gasteiger partial charge in [0, 0.05) is 29.7 Å². The van der Waals surface area contributed by atoms with Crippen LogP contribution < -0.4 is 10.7 Å². The van der Waals surface area contributed by atoms with Gasteiger partial charge in [-0.25, -0.2) is 9.80 Å². The van der Waals surface area contributed by atoms with Crippen molar-refractivity contribution in [2.75, 3.05) is 12.4 Å². The van der Waals surface area contributed by atoms with Gasteiger partial charge in [0.15, 0.2) is 0 Å². The van der Waals surface area contributed by atoms with Crippen molar-refractivity contribution in [1.82, 2.24) is 10.4 Å². The standard InChI is InChI=1S/C10H11Cl2N3O2/c1-6(16)14-15(2)10(17)13-9-4-7(11)3-8(12)5-9/h3-5H,1-2H3,(H,13,17)(H,14,16). The average molecular weight is 276 g/mol. The topological polar surface area (TPSA) is 61.4 Å². The van der Waals surface area contributed by atoms with Gasteiger partial charge in [0.1, 0.15) is 0 Å². The third kappa shape index (κ3) is 4.50. The molecule has 0 saturated carbocycles. The first-order valence-electron chi connectivity index (χ1n) is 4.66. The summed E-state index contributed by atoms with van der Waals surface area (Å²) < 4.78 is 0. The summed E-state index contributed by atoms with van der Waals surface area (Å²) in [6.45, 7) is 1.31. The van der Waals surface area contributed by atoms with E-state index in [-0.39, 0.29) is 5.91 Å². The van der Waals surface area contributed by atoms with Crippen LogP contribution in [-0.2, 0) is 4.79 Å². The molecule has 0 spiro atoms. The first kappa shape index (κ1) is 13.6. The molecule has 7 heteroatoms. The Morgan fingerprint density at radius 1 is 1.18 bits per heavy atom. The average Bonchev–Trinajstić information content (AvgIpc) is 2.14. The Bertz CT molecular complexity index is 431. The van der Waals surface area contributed by atoms with Crippen LogP contribution in [0.2, 0.25) is 10.0 Å². The number of halogens is 2. The second-order valence-corrected chi connectivity index (χ2v) is 4.19. The highest BCUT2D eigenvalue weighted by Crippen LogP contribution is 2.22. The van der Waals surface area contributed by atoms with Crippen LogP contribution in [0, 0.1) is 0 Å². The van der Waals surface area contributed by atoms with Crippen molar-refractivity contribution >= 4 is 40.8 Å². The Balaban J connectivity index is 2.70. The van der Waals surface area contributed by atoms with E-state index in [1.165, 1.54) is 14.0 Å². The van der Waals surface area contributed by atoms with Gasteiger partial charge in [0.2, 0.25) is 5.91 Å². The summed E-state index contributed by atoms with van der Waals surface area (Å²) in [6, 6.07) is 4.15. The van der Waals surface area contributed by atoms with Crippen LogP contribution in [0.5, 0.6) is 0 Å². The summed E-state index contributed by atoms with van der Waals surface area (Å²) in [5, 5.41) is 4.38. The van der Waals surface area contributed by atoms with Gasteiger partial charge in [-0.2, -0.15) is 0 Å². The van der Waals surface area contributed by atoms with Gasteiger partial charge in [-0.15, -0.1) is 0 Å². The van der Waals surface area contributed by atoms with Crippen molar-refractivity contribution in [3.63, 3.8) is 0 Å². The Labute approximate surface area is 109 Å². The predicted molar refractivity (Wildman–Crippen MR) is 67.1 cm³/mol. The van der Waals surface area contributed by atoms with Gasteiger partial charge >= 0.3 is 6.03 Å². The summed E-state index contributed by atoms with van der Waals surface area (Å²) >= 11 is 11.6. The zero-order valence-corrected chi connectivity index (χ0v) is 10.8. The van der Waals surface area contributed by atoms with E-state index < -0.39 is 6.03 Å². The molecule has 0 fully saturated rings. The van der Waals surface area contributed by atoms with E-state index in [9.17, 15) is 9.59 Å². The highest BCUT2D eigenvalue weighted by atomic mass is 35.5. The van der Waals surface area contributed by atoms with Gasteiger partial charge in [-0.3, -0.25) is 10.2 Å². The molecular weight excluding hydrogens is 265 g/mol. The molecule has 0 heterocycles. The van der Waals surface area contributed by atoms with Crippen molar-refractivity contribution in [2.45, 2.75) is 6.92 Å². The van der Waals surface area contributed by atoms with Crippen molar-refractivity contribution in [3.05, 3.63) is 28.2 Å². The smallest absolute Gasteiger partial charge is 0.306 e. The highest BCUT2D eigenvalue weighted by Gasteiger charge is 2.10. The van der Waals surface area contributed by atoms with Crippen LogP contribution >= 0.6 is 23.2 Å². The molecule has 92 valence electrons. The van der Waals surface area contributed by atoms with Crippen LogP contribution in [0.15, 0.2) is 18.2 Å². The maximum absolute atomic E-state index is 11.6. The number of urea groups is 1. The fourth-order valence-electron chi connectivity index (χ4n) is 1.12. The van der Waals surface area contributed by atoms with E-state index in [0.717, 1.165) is 5.01 Å². The fraction of sp³-hybridized carbons (Fsp3) is 0.200. The Hall–Kier alpha value is -1.46. The lowest BCUT2D eigenvalue weighted by Gasteiger charge is -2.17. The van der Waals surface area contributed by atoms with E-state index in [2.05, 4.69) is 10.7 Å². The number of nitrogens with one attached hydrogen (secondary N) is 2. The van der Waals surface area contributed by atoms with E-state index in [1.54, 1.807) is 18.2 Å². The molecule has 5 nitrogen and oxygen atoms in total. The minimum Gasteiger partial charge on any atom is -0.306 e. The number of carbonyl (C=O) groups is 2. The van der Waals surface area contributed by atoms with Crippen molar-refractivity contribution in [3.8, 4) is 0 Å². The number of hydrazine groups is 1. The molecule has 0 unspecified atom stereocenters. The Kier molecular flexibility index (Phi) is 4.60. The number of rotatable bonds is 1. The van der Waals surface area contributed by atoms with Crippen LogP contribution in [0.3, 0.4) is 0 Å². The van der Waals surface area contributed by atoms with Crippen molar-refractivity contribution < 1.29 is 9.59 Å². The highest BCUT2D eigenvalue weighted by molar-refractivity contribution is 6.35. The lowest BCUT2D eigenvalue weighted by Crippen LogP contribution is -2.44. The first-order chi connectivity index (χ1) is 7.88. The van der Waals surface area contributed by atoms with Gasteiger partial charge < -0.3 is 5.32 Å². The summed E-state index contributed by atoms with van der Waals surface area (Å²) in [6.07, 6.45) is 0. The molecule has 0 radical (unpaired) electrons. The van der Waals surface area contributed by atoms with Gasteiger partial charge in [-0.1, -0.05) is 23.2 Å². The number of nitrogens with zero attached hydrogens (tertiary/aromatic N) is 1. The van der Waals surface area contributed by atoms with Gasteiger partial charge in [0.05, 0.1) is 0 Å². The number of hydrogen-bond acceptors (Lipinski definition) is 2. The first-order valence-corrected chi connectivity index (χ1v) is 5.42. The monoisotopic (exact) mass is 275 g/mol. The molecule has 0 aliphatic rings. The van der Waals surface area contributed by atoms with Crippen molar-refractivity contribution in [2.24, 2.45) is 0 Å². The molecule has 0 bridgehead atoms. The van der Waals surface area contributed by atoms with E-state index in [4.69, 9.17) is 23.2 Å². The van der Waals surface area contributed by atoms with Crippen LogP contribution in [0.4, 0.5) is 10.5 Å². The Morgan fingerprint density at radius 2 is 1.71 bits per heavy atom. The summed E-state index contributed by atoms with van der Waals surface area (Å²) in [5.74, 6) is -0.341. The van der Waals surface area contributed by atoms with Crippen LogP contribution in [0.25, 0.3) is 0 Å². The predicted octanol–water partition coefficient (Wildman–Crippen LogP) is 2.51. The molecule has 0 saturated heterocycles. The number of benzene rings is 1. The number of amides is 3. The summed E-state index contributed by atoms with van der Waals surface area (Å²) in [7, 11) is 1.42. The molecule has 17 heavy (non-hydrogen) atoms. The third-order valence-electron chi connectivity index (χ3n) is 1.74. The normalized spacial score (nSPS) is 9.65. The molecule has 3 amide bonds. The summed E-state index contributed by atoms with van der Waals surface area (Å²) in [5.41, 5.74) is 2.76. The van der Waals surface area contributed by atoms with Crippen LogP contribution in [-0.4, -0.2) is 24.0 Å². The fourth-order valence-corrected chi connectivity index (χ4v) is 1.65. The largest absolute Gasteiger partial charge is 0.340 e. The lowest BCUT2D eigenvalue weighted by molar-refractivity contribution is -0.122. The lowest BCUT2D eigenvalue weighted by atomic mass is 10.3. The third-order valence-corrected chi connectivity index (χ3v) is 2.18. The summed E-state index contributed by atoms with van der Waals surface area (Å²) in [4.78, 5) is 22.3. The molecule has 0 aromatic heterocycles. The molecule has 2 N–H and O–H groups in total. The SMILES string of the molecule is CC(=O)NN(C)C(=O)Nc1cc(Cl)cc(Cl)c1. The minimum atomic E-state index is -0.501. The quantitative estimate of drug-likeness (QED) is 0.774. The Morgan fingerprint density at radius 3 is 2.18 bits per heavy atom. The zero-order valence-electron chi connectivity index (χ0n) is 9.25. The van der Waals surface area contributed by atoms with E-state index >= 15 is 0 Å². The molecule has 1 aromatic rings. The molecular formula is C10H11Cl2N3O2. The van der Waals surface area contributed by atoms with Crippen LogP contribution in [0.1, 0.15) is 6.92 Å². The minimum absolute atomic E-state index is 0.341. The molecule has 0 aliphatic carbocycles.